The quantitative estimate of drug-likeness (QED) is 0.617. The Kier molecular flexibility index (Phi) is 4.62. The van der Waals surface area contributed by atoms with Crippen molar-refractivity contribution < 1.29 is 0 Å². The fraction of sp³-hybridized carbons (Fsp3) is 0.304. The van der Waals surface area contributed by atoms with Crippen LogP contribution in [0.4, 0.5) is 0 Å². The zero-order chi connectivity index (χ0) is 17.0. The van der Waals surface area contributed by atoms with Gasteiger partial charge in [0, 0.05) is 16.8 Å². The van der Waals surface area contributed by atoms with E-state index < -0.39 is 0 Å². The number of allylic oxidation sites excluding steroid dienone is 12. The van der Waals surface area contributed by atoms with E-state index in [2.05, 4.69) is 111 Å². The Morgan fingerprint density at radius 1 is 0.750 bits per heavy atom. The molecular weight excluding hydrogens is 290 g/mol. The van der Waals surface area contributed by atoms with Gasteiger partial charge in [0.1, 0.15) is 0 Å². The zero-order valence-electron chi connectivity index (χ0n) is 14.9. The lowest BCUT2D eigenvalue weighted by molar-refractivity contribution is 0.319. The van der Waals surface area contributed by atoms with Crippen LogP contribution in [0.2, 0.25) is 0 Å². The van der Waals surface area contributed by atoms with E-state index in [-0.39, 0.29) is 11.0 Å². The van der Waals surface area contributed by atoms with Crippen LogP contribution < -0.4 is 0 Å². The molecule has 0 aromatic heterocycles. The fourth-order valence-electron chi connectivity index (χ4n) is 3.26. The molecule has 0 radical (unpaired) electrons. The lowest BCUT2D eigenvalue weighted by Gasteiger charge is -2.41. The van der Waals surface area contributed by atoms with Gasteiger partial charge in [-0.2, -0.15) is 0 Å². The summed E-state index contributed by atoms with van der Waals surface area (Å²) < 4.78 is 0. The first-order valence-corrected chi connectivity index (χ1v) is 8.80. The maximum absolute atomic E-state index is 2.44. The predicted octanol–water partition coefficient (Wildman–Crippen LogP) is 6.00. The van der Waals surface area contributed by atoms with Crippen molar-refractivity contribution in [2.75, 3.05) is 0 Å². The first-order chi connectivity index (χ1) is 11.5. The van der Waals surface area contributed by atoms with E-state index in [0.29, 0.717) is 0 Å². The Labute approximate surface area is 146 Å². The van der Waals surface area contributed by atoms with E-state index in [4.69, 9.17) is 0 Å². The molecule has 0 amide bonds. The zero-order valence-corrected chi connectivity index (χ0v) is 14.9. The monoisotopic (exact) mass is 317 g/mol. The fourth-order valence-corrected chi connectivity index (χ4v) is 3.26. The molecule has 0 atom stereocenters. The van der Waals surface area contributed by atoms with Crippen molar-refractivity contribution in [3.8, 4) is 0 Å². The van der Waals surface area contributed by atoms with Crippen LogP contribution in [0.1, 0.15) is 33.6 Å². The van der Waals surface area contributed by atoms with Gasteiger partial charge in [-0.15, -0.1) is 0 Å². The molecule has 0 saturated carbocycles. The lowest BCUT2D eigenvalue weighted by Crippen LogP contribution is -2.41. The summed E-state index contributed by atoms with van der Waals surface area (Å²) >= 11 is 0. The molecule has 1 heteroatoms. The van der Waals surface area contributed by atoms with Crippen molar-refractivity contribution >= 4 is 0 Å². The molecule has 1 nitrogen and oxygen atoms in total. The van der Waals surface area contributed by atoms with E-state index in [1.165, 1.54) is 11.4 Å². The molecule has 3 rings (SSSR count). The highest BCUT2D eigenvalue weighted by Crippen LogP contribution is 2.34. The summed E-state index contributed by atoms with van der Waals surface area (Å²) in [4.78, 5) is 2.44. The number of hydrogen-bond donors (Lipinski definition) is 0. The SMILES string of the molecule is CC1(C)C=CC=C(N(C2=CCCC=C2)C2(C)C=CC=CC=C2)C=C1. The van der Waals surface area contributed by atoms with Gasteiger partial charge in [-0.25, -0.2) is 0 Å². The third-order valence-corrected chi connectivity index (χ3v) is 4.65. The summed E-state index contributed by atoms with van der Waals surface area (Å²) in [6.45, 7) is 6.74. The molecule has 3 aliphatic rings. The van der Waals surface area contributed by atoms with Gasteiger partial charge < -0.3 is 4.90 Å². The topological polar surface area (TPSA) is 3.24 Å². The van der Waals surface area contributed by atoms with Crippen molar-refractivity contribution in [1.82, 2.24) is 4.90 Å². The van der Waals surface area contributed by atoms with Gasteiger partial charge in [0.05, 0.1) is 5.54 Å². The first-order valence-electron chi connectivity index (χ1n) is 8.80. The van der Waals surface area contributed by atoms with Crippen molar-refractivity contribution in [2.45, 2.75) is 39.2 Å². The van der Waals surface area contributed by atoms with E-state index in [0.717, 1.165) is 12.8 Å². The van der Waals surface area contributed by atoms with Gasteiger partial charge in [-0.3, -0.25) is 0 Å². The number of nitrogens with zero attached hydrogens (tertiary/aromatic N) is 1. The lowest BCUT2D eigenvalue weighted by atomic mass is 9.92. The number of hydrogen-bond acceptors (Lipinski definition) is 1. The Balaban J connectivity index is 2.07. The van der Waals surface area contributed by atoms with Crippen molar-refractivity contribution in [3.05, 3.63) is 96.5 Å². The molecule has 0 saturated heterocycles. The normalized spacial score (nSPS) is 23.5. The Bertz CT molecular complexity index is 701. The van der Waals surface area contributed by atoms with Crippen LogP contribution >= 0.6 is 0 Å². The molecule has 24 heavy (non-hydrogen) atoms. The number of rotatable bonds is 3. The summed E-state index contributed by atoms with van der Waals surface area (Å²) in [6, 6.07) is 0. The van der Waals surface area contributed by atoms with Crippen LogP contribution in [0.3, 0.4) is 0 Å². The first kappa shape index (κ1) is 16.6. The van der Waals surface area contributed by atoms with Crippen molar-refractivity contribution in [2.24, 2.45) is 5.41 Å². The summed E-state index contributed by atoms with van der Waals surface area (Å²) in [5.41, 5.74) is 2.37. The highest BCUT2D eigenvalue weighted by Gasteiger charge is 2.30. The second kappa shape index (κ2) is 6.68. The van der Waals surface area contributed by atoms with Crippen LogP contribution in [0.5, 0.6) is 0 Å². The predicted molar refractivity (Wildman–Crippen MR) is 104 cm³/mol. The summed E-state index contributed by atoms with van der Waals surface area (Å²) in [7, 11) is 0. The van der Waals surface area contributed by atoms with E-state index in [1.54, 1.807) is 0 Å². The van der Waals surface area contributed by atoms with Crippen LogP contribution in [0.25, 0.3) is 0 Å². The van der Waals surface area contributed by atoms with Gasteiger partial charge in [0.25, 0.3) is 0 Å². The third-order valence-electron chi connectivity index (χ3n) is 4.65. The molecule has 3 aliphatic carbocycles. The van der Waals surface area contributed by atoms with Crippen LogP contribution in [0, 0.1) is 5.41 Å². The molecule has 0 bridgehead atoms. The molecule has 0 N–H and O–H groups in total. The van der Waals surface area contributed by atoms with E-state index >= 15 is 0 Å². The van der Waals surface area contributed by atoms with Crippen molar-refractivity contribution in [1.29, 1.82) is 0 Å². The average Bonchev–Trinajstić information content (AvgIpc) is 2.87. The Morgan fingerprint density at radius 2 is 1.50 bits per heavy atom. The Hall–Kier alpha value is -2.28. The molecule has 0 unspecified atom stereocenters. The molecule has 0 fully saturated rings. The average molecular weight is 317 g/mol. The largest absolute Gasteiger partial charge is 0.329 e. The minimum Gasteiger partial charge on any atom is -0.329 e. The van der Waals surface area contributed by atoms with E-state index in [9.17, 15) is 0 Å². The molecule has 0 aliphatic heterocycles. The van der Waals surface area contributed by atoms with Gasteiger partial charge >= 0.3 is 0 Å². The minimum absolute atomic E-state index is 0.0816. The second-order valence-corrected chi connectivity index (χ2v) is 7.38. The molecule has 124 valence electrons. The highest BCUT2D eigenvalue weighted by atomic mass is 15.2. The summed E-state index contributed by atoms with van der Waals surface area (Å²) in [5.74, 6) is 0. The molecule has 0 heterocycles. The van der Waals surface area contributed by atoms with Gasteiger partial charge in [0.2, 0.25) is 0 Å². The van der Waals surface area contributed by atoms with Gasteiger partial charge in [0.15, 0.2) is 0 Å². The van der Waals surface area contributed by atoms with Crippen LogP contribution in [-0.2, 0) is 0 Å². The molecular formula is C23H27N. The smallest absolute Gasteiger partial charge is 0.0794 e. The highest BCUT2D eigenvalue weighted by molar-refractivity contribution is 5.42. The third kappa shape index (κ3) is 3.62. The molecule has 0 aromatic rings. The van der Waals surface area contributed by atoms with Gasteiger partial charge in [-0.05, 0) is 38.0 Å². The van der Waals surface area contributed by atoms with Crippen molar-refractivity contribution in [3.63, 3.8) is 0 Å². The second-order valence-electron chi connectivity index (χ2n) is 7.38. The molecule has 0 aromatic carbocycles. The van der Waals surface area contributed by atoms with Gasteiger partial charge in [-0.1, -0.05) is 80.7 Å². The summed E-state index contributed by atoms with van der Waals surface area (Å²) in [5, 5.41) is 0. The standard InChI is InChI=1S/C23H27N/c1-22(2)16-11-14-21(15-19-22)24(20-12-7-6-8-13-20)23(3)17-9-4-5-10-18-23/h4-5,7,9-19H,6,8H2,1-3H3. The summed E-state index contributed by atoms with van der Waals surface area (Å²) in [6.07, 6.45) is 33.3. The minimum atomic E-state index is -0.199. The maximum Gasteiger partial charge on any atom is 0.0794 e. The maximum atomic E-state index is 2.44. The van der Waals surface area contributed by atoms with Crippen LogP contribution in [0.15, 0.2) is 96.5 Å². The Morgan fingerprint density at radius 3 is 2.17 bits per heavy atom. The molecule has 0 spiro atoms. The van der Waals surface area contributed by atoms with E-state index in [1.807, 2.05) is 0 Å². The van der Waals surface area contributed by atoms with Crippen LogP contribution in [-0.4, -0.2) is 10.4 Å².